The number of carbonyl (C=O) groups is 1. The number of rotatable bonds is 5. The number of hydrogen-bond acceptors (Lipinski definition) is 4. The number of oxazole rings is 1. The van der Waals surface area contributed by atoms with Gasteiger partial charge in [0.1, 0.15) is 5.52 Å². The van der Waals surface area contributed by atoms with Crippen molar-refractivity contribution in [3.63, 3.8) is 0 Å². The maximum absolute atomic E-state index is 12.5. The number of fused-ring (bicyclic) bond motifs is 1. The minimum Gasteiger partial charge on any atom is -0.436 e. The van der Waals surface area contributed by atoms with Crippen molar-refractivity contribution in [1.82, 2.24) is 10.3 Å². The van der Waals surface area contributed by atoms with Crippen LogP contribution in [-0.2, 0) is 0 Å². The van der Waals surface area contributed by atoms with Crippen LogP contribution in [0.5, 0.6) is 0 Å². The van der Waals surface area contributed by atoms with E-state index in [-0.39, 0.29) is 20.7 Å². The highest BCUT2D eigenvalue weighted by Gasteiger charge is 2.16. The second-order valence-corrected chi connectivity index (χ2v) is 9.36. The quantitative estimate of drug-likeness (QED) is 0.254. The number of halogens is 3. The normalized spacial score (nSPS) is 11.9. The summed E-state index contributed by atoms with van der Waals surface area (Å²) in [7, 11) is 0. The maximum atomic E-state index is 12.5. The summed E-state index contributed by atoms with van der Waals surface area (Å²) in [5.74, 6) is 0.402. The Kier molecular flexibility index (Phi) is 7.43. The van der Waals surface area contributed by atoms with Crippen molar-refractivity contribution >= 4 is 74.8 Å². The van der Waals surface area contributed by atoms with Gasteiger partial charge in [0.05, 0.1) is 26.3 Å². The molecule has 34 heavy (non-hydrogen) atoms. The van der Waals surface area contributed by atoms with Crippen molar-refractivity contribution in [2.75, 3.05) is 5.32 Å². The van der Waals surface area contributed by atoms with Crippen LogP contribution < -0.4 is 10.6 Å². The fourth-order valence-electron chi connectivity index (χ4n) is 3.37. The smallest absolute Gasteiger partial charge is 0.258 e. The van der Waals surface area contributed by atoms with Crippen LogP contribution >= 0.6 is 47.0 Å². The molecule has 0 saturated carbocycles. The first-order chi connectivity index (χ1) is 16.3. The first-order valence-electron chi connectivity index (χ1n) is 10.5. The van der Waals surface area contributed by atoms with Gasteiger partial charge in [0.2, 0.25) is 5.89 Å². The van der Waals surface area contributed by atoms with E-state index < -0.39 is 5.91 Å². The Morgan fingerprint density at radius 3 is 2.65 bits per heavy atom. The third-order valence-corrected chi connectivity index (χ3v) is 6.83. The number of benzene rings is 3. The van der Waals surface area contributed by atoms with E-state index in [0.717, 1.165) is 11.9 Å². The van der Waals surface area contributed by atoms with Crippen molar-refractivity contribution < 1.29 is 9.21 Å². The summed E-state index contributed by atoms with van der Waals surface area (Å²) in [6.45, 7) is 4.34. The van der Waals surface area contributed by atoms with Gasteiger partial charge in [0.25, 0.3) is 5.91 Å². The second-order valence-electron chi connectivity index (χ2n) is 7.76. The molecule has 0 aliphatic heterocycles. The third kappa shape index (κ3) is 5.20. The van der Waals surface area contributed by atoms with E-state index in [9.17, 15) is 4.79 Å². The minimum absolute atomic E-state index is 0.0517. The number of aromatic nitrogens is 1. The van der Waals surface area contributed by atoms with Crippen LogP contribution in [0, 0.1) is 0 Å². The van der Waals surface area contributed by atoms with Crippen LogP contribution in [-0.4, -0.2) is 16.0 Å². The van der Waals surface area contributed by atoms with E-state index in [1.54, 1.807) is 36.4 Å². The third-order valence-electron chi connectivity index (χ3n) is 5.48. The molecule has 5 nitrogen and oxygen atoms in total. The molecule has 9 heteroatoms. The molecule has 2 N–H and O–H groups in total. The summed E-state index contributed by atoms with van der Waals surface area (Å²) in [5, 5.41) is 6.42. The number of carbonyl (C=O) groups excluding carboxylic acids is 1. The Morgan fingerprint density at radius 1 is 1.09 bits per heavy atom. The largest absolute Gasteiger partial charge is 0.436 e. The molecule has 0 radical (unpaired) electrons. The van der Waals surface area contributed by atoms with Gasteiger partial charge in [-0.25, -0.2) is 4.98 Å². The van der Waals surface area contributed by atoms with Crippen LogP contribution in [0.15, 0.2) is 59.0 Å². The number of nitrogens with zero attached hydrogens (tertiary/aromatic N) is 1. The SMILES string of the molecule is CC[C@@H](C)c1ccc2oc(-c3ccc(Cl)c(NC(=S)NC(=O)c4cccc(Cl)c4Cl)c3)nc2c1. The van der Waals surface area contributed by atoms with Gasteiger partial charge in [-0.2, -0.15) is 0 Å². The topological polar surface area (TPSA) is 67.2 Å². The number of amides is 1. The van der Waals surface area contributed by atoms with Gasteiger partial charge in [0.15, 0.2) is 10.7 Å². The molecule has 0 aliphatic carbocycles. The first-order valence-corrected chi connectivity index (χ1v) is 12.1. The predicted molar refractivity (Wildman–Crippen MR) is 143 cm³/mol. The Hall–Kier alpha value is -2.64. The van der Waals surface area contributed by atoms with Crippen LogP contribution in [0.25, 0.3) is 22.6 Å². The molecular formula is C25H20Cl3N3O2S. The van der Waals surface area contributed by atoms with Crippen LogP contribution in [0.2, 0.25) is 15.1 Å². The van der Waals surface area contributed by atoms with E-state index in [0.29, 0.717) is 33.7 Å². The highest BCUT2D eigenvalue weighted by Crippen LogP contribution is 2.32. The summed E-state index contributed by atoms with van der Waals surface area (Å²) in [5.41, 5.74) is 4.12. The van der Waals surface area contributed by atoms with Gasteiger partial charge in [-0.1, -0.05) is 60.8 Å². The maximum Gasteiger partial charge on any atom is 0.258 e. The van der Waals surface area contributed by atoms with Gasteiger partial charge in [-0.15, -0.1) is 0 Å². The lowest BCUT2D eigenvalue weighted by molar-refractivity contribution is 0.0978. The molecule has 4 aromatic rings. The summed E-state index contributed by atoms with van der Waals surface area (Å²) >= 11 is 23.8. The van der Waals surface area contributed by atoms with Crippen LogP contribution in [0.1, 0.15) is 42.1 Å². The summed E-state index contributed by atoms with van der Waals surface area (Å²) < 4.78 is 5.96. The molecule has 0 saturated heterocycles. The lowest BCUT2D eigenvalue weighted by Gasteiger charge is -2.12. The predicted octanol–water partition coefficient (Wildman–Crippen LogP) is 8.10. The number of nitrogens with one attached hydrogen (secondary N) is 2. The summed E-state index contributed by atoms with van der Waals surface area (Å²) in [4.78, 5) is 17.2. The molecule has 1 aromatic heterocycles. The highest BCUT2D eigenvalue weighted by atomic mass is 35.5. The average Bonchev–Trinajstić information content (AvgIpc) is 3.25. The van der Waals surface area contributed by atoms with Crippen molar-refractivity contribution in [2.45, 2.75) is 26.2 Å². The zero-order valence-electron chi connectivity index (χ0n) is 18.3. The highest BCUT2D eigenvalue weighted by molar-refractivity contribution is 7.80. The fraction of sp³-hybridized carbons (Fsp3) is 0.160. The molecule has 174 valence electrons. The molecule has 0 bridgehead atoms. The average molecular weight is 533 g/mol. The molecule has 0 spiro atoms. The Morgan fingerprint density at radius 2 is 1.88 bits per heavy atom. The fourth-order valence-corrected chi connectivity index (χ4v) is 4.12. The van der Waals surface area contributed by atoms with Crippen molar-refractivity contribution in [3.8, 4) is 11.5 Å². The van der Waals surface area contributed by atoms with Crippen LogP contribution in [0.3, 0.4) is 0 Å². The summed E-state index contributed by atoms with van der Waals surface area (Å²) in [6, 6.07) is 16.1. The van der Waals surface area contributed by atoms with E-state index in [1.165, 1.54) is 5.56 Å². The molecule has 0 fully saturated rings. The Balaban J connectivity index is 1.54. The van der Waals surface area contributed by atoms with Gasteiger partial charge < -0.3 is 9.73 Å². The van der Waals surface area contributed by atoms with E-state index >= 15 is 0 Å². The number of thiocarbonyl (C=S) groups is 1. The van der Waals surface area contributed by atoms with Crippen molar-refractivity contribution in [1.29, 1.82) is 0 Å². The van der Waals surface area contributed by atoms with Crippen LogP contribution in [0.4, 0.5) is 5.69 Å². The van der Waals surface area contributed by atoms with Gasteiger partial charge in [-0.05, 0) is 72.6 Å². The Bertz CT molecular complexity index is 1400. The lowest BCUT2D eigenvalue weighted by Crippen LogP contribution is -2.34. The van der Waals surface area contributed by atoms with E-state index in [2.05, 4.69) is 41.6 Å². The molecule has 0 aliphatic rings. The zero-order valence-corrected chi connectivity index (χ0v) is 21.4. The van der Waals surface area contributed by atoms with Gasteiger partial charge >= 0.3 is 0 Å². The van der Waals surface area contributed by atoms with E-state index in [4.69, 9.17) is 51.4 Å². The number of anilines is 1. The molecular weight excluding hydrogens is 513 g/mol. The Labute approximate surface area is 217 Å². The first kappa shape index (κ1) is 24.5. The number of hydrogen-bond donors (Lipinski definition) is 2. The molecule has 4 rings (SSSR count). The van der Waals surface area contributed by atoms with Crippen molar-refractivity contribution in [2.24, 2.45) is 0 Å². The standard InChI is InChI=1S/C25H20Cl3N3O2S/c1-3-13(2)14-8-10-21-20(11-14)29-24(33-21)15-7-9-17(26)19(12-15)30-25(34)31-23(32)16-5-4-6-18(27)22(16)28/h4-13H,3H2,1-2H3,(H2,30,31,32,34)/t13-/m1/s1. The molecule has 1 amide bonds. The van der Waals surface area contributed by atoms with E-state index in [1.807, 2.05) is 6.07 Å². The molecule has 1 heterocycles. The lowest BCUT2D eigenvalue weighted by atomic mass is 9.98. The van der Waals surface area contributed by atoms with Gasteiger partial charge in [-0.3, -0.25) is 10.1 Å². The zero-order chi connectivity index (χ0) is 24.4. The molecule has 3 aromatic carbocycles. The monoisotopic (exact) mass is 531 g/mol. The second kappa shape index (κ2) is 10.3. The molecule has 0 unspecified atom stereocenters. The minimum atomic E-state index is -0.492. The molecule has 1 atom stereocenters. The van der Waals surface area contributed by atoms with Gasteiger partial charge in [0, 0.05) is 5.56 Å². The van der Waals surface area contributed by atoms with Crippen molar-refractivity contribution in [3.05, 3.63) is 80.8 Å². The summed E-state index contributed by atoms with van der Waals surface area (Å²) in [6.07, 6.45) is 1.04.